The highest BCUT2D eigenvalue weighted by Crippen LogP contribution is 2.13. The topological polar surface area (TPSA) is 32.3 Å². The maximum Gasteiger partial charge on any atom is 0.405 e. The van der Waals surface area contributed by atoms with E-state index in [1.807, 2.05) is 11.4 Å². The molecule has 1 aromatic carbocycles. The van der Waals surface area contributed by atoms with Crippen LogP contribution < -0.4 is 5.32 Å². The smallest absolute Gasteiger partial charge is 0.346 e. The molecule has 0 radical (unpaired) electrons. The maximum atomic E-state index is 11.9. The summed E-state index contributed by atoms with van der Waals surface area (Å²) >= 11 is 5.81. The van der Waals surface area contributed by atoms with Crippen molar-refractivity contribution in [1.82, 2.24) is 10.2 Å². The molecule has 1 N–H and O–H groups in total. The third-order valence-corrected chi connectivity index (χ3v) is 2.48. The normalized spacial score (nSPS) is 11.7. The fraction of sp³-hybridized carbons (Fsp3) is 0.417. The highest BCUT2D eigenvalue weighted by atomic mass is 35.5. The second kappa shape index (κ2) is 6.77. The summed E-state index contributed by atoms with van der Waals surface area (Å²) in [6, 6.07) is 7.07. The Morgan fingerprint density at radius 3 is 2.68 bits per heavy atom. The number of rotatable bonds is 5. The highest BCUT2D eigenvalue weighted by Gasteiger charge is 2.27. The molecule has 0 spiro atoms. The van der Waals surface area contributed by atoms with Crippen LogP contribution in [0.1, 0.15) is 5.56 Å². The minimum Gasteiger partial charge on any atom is -0.346 e. The molecule has 0 aliphatic carbocycles. The number of nitrogens with one attached hydrogen (secondary N) is 1. The van der Waals surface area contributed by atoms with Crippen molar-refractivity contribution in [3.05, 3.63) is 34.9 Å². The monoisotopic (exact) mass is 294 g/mol. The summed E-state index contributed by atoms with van der Waals surface area (Å²) in [5, 5.41) is 2.40. The molecule has 0 bridgehead atoms. The number of hydrogen-bond donors (Lipinski definition) is 1. The van der Waals surface area contributed by atoms with Crippen LogP contribution in [0.25, 0.3) is 0 Å². The van der Waals surface area contributed by atoms with Crippen molar-refractivity contribution < 1.29 is 18.0 Å². The zero-order chi connectivity index (χ0) is 14.5. The summed E-state index contributed by atoms with van der Waals surface area (Å²) in [5.41, 5.74) is 0.888. The number of carbonyl (C=O) groups is 1. The average Bonchev–Trinajstić information content (AvgIpc) is 2.25. The fourth-order valence-corrected chi connectivity index (χ4v) is 1.72. The first-order chi connectivity index (χ1) is 8.76. The Balaban J connectivity index is 2.38. The number of nitrogens with zero attached hydrogens (tertiary/aromatic N) is 1. The Kier molecular flexibility index (Phi) is 5.62. The van der Waals surface area contributed by atoms with Gasteiger partial charge in [-0.2, -0.15) is 13.2 Å². The lowest BCUT2D eigenvalue weighted by molar-refractivity contribution is -0.138. The van der Waals surface area contributed by atoms with Crippen LogP contribution in [0.5, 0.6) is 0 Å². The molecule has 3 nitrogen and oxygen atoms in total. The first-order valence-corrected chi connectivity index (χ1v) is 5.90. The molecule has 0 unspecified atom stereocenters. The molecule has 0 saturated carbocycles. The molecule has 106 valence electrons. The van der Waals surface area contributed by atoms with Crippen LogP contribution in [0, 0.1) is 0 Å². The SMILES string of the molecule is CN(CC(=O)NCC(F)(F)F)Cc1cccc(Cl)c1. The number of halogens is 4. The minimum absolute atomic E-state index is 0.109. The lowest BCUT2D eigenvalue weighted by atomic mass is 10.2. The molecule has 1 amide bonds. The van der Waals surface area contributed by atoms with E-state index in [1.165, 1.54) is 0 Å². The molecule has 0 aliphatic heterocycles. The van der Waals surface area contributed by atoms with Gasteiger partial charge in [0.1, 0.15) is 6.54 Å². The molecule has 0 aliphatic rings. The molecule has 19 heavy (non-hydrogen) atoms. The number of alkyl halides is 3. The van der Waals surface area contributed by atoms with E-state index in [1.54, 1.807) is 30.1 Å². The third-order valence-electron chi connectivity index (χ3n) is 2.24. The summed E-state index contributed by atoms with van der Waals surface area (Å²) < 4.78 is 35.7. The van der Waals surface area contributed by atoms with E-state index >= 15 is 0 Å². The predicted octanol–water partition coefficient (Wildman–Crippen LogP) is 2.45. The van der Waals surface area contributed by atoms with Gasteiger partial charge in [-0.3, -0.25) is 9.69 Å². The van der Waals surface area contributed by atoms with E-state index < -0.39 is 18.6 Å². The zero-order valence-corrected chi connectivity index (χ0v) is 11.1. The summed E-state index contributed by atoms with van der Waals surface area (Å²) in [4.78, 5) is 12.9. The van der Waals surface area contributed by atoms with Crippen molar-refractivity contribution in [2.24, 2.45) is 0 Å². The van der Waals surface area contributed by atoms with E-state index in [0.717, 1.165) is 5.56 Å². The standard InChI is InChI=1S/C12H14ClF3N2O/c1-18(6-9-3-2-4-10(13)5-9)7-11(19)17-8-12(14,15)16/h2-5H,6-8H2,1H3,(H,17,19). The molecular formula is C12H14ClF3N2O. The molecule has 7 heteroatoms. The molecule has 0 heterocycles. The van der Waals surface area contributed by atoms with Crippen molar-refractivity contribution in [2.75, 3.05) is 20.1 Å². The van der Waals surface area contributed by atoms with E-state index in [2.05, 4.69) is 0 Å². The Morgan fingerprint density at radius 1 is 1.42 bits per heavy atom. The van der Waals surface area contributed by atoms with Crippen molar-refractivity contribution in [1.29, 1.82) is 0 Å². The Bertz CT molecular complexity index is 437. The molecule has 0 fully saturated rings. The number of hydrogen-bond acceptors (Lipinski definition) is 2. The van der Waals surface area contributed by atoms with Gasteiger partial charge in [0, 0.05) is 11.6 Å². The summed E-state index contributed by atoms with van der Waals surface area (Å²) in [7, 11) is 1.65. The summed E-state index contributed by atoms with van der Waals surface area (Å²) in [6.07, 6.45) is -4.39. The predicted molar refractivity (Wildman–Crippen MR) is 66.9 cm³/mol. The van der Waals surface area contributed by atoms with Gasteiger partial charge < -0.3 is 5.32 Å². The van der Waals surface area contributed by atoms with Crippen molar-refractivity contribution in [3.63, 3.8) is 0 Å². The molecule has 0 atom stereocenters. The van der Waals surface area contributed by atoms with Crippen LogP contribution in [0.3, 0.4) is 0 Å². The molecule has 0 saturated heterocycles. The molecule has 1 aromatic rings. The van der Waals surface area contributed by atoms with Gasteiger partial charge in [0.25, 0.3) is 0 Å². The zero-order valence-electron chi connectivity index (χ0n) is 10.3. The Morgan fingerprint density at radius 2 is 2.11 bits per heavy atom. The van der Waals surface area contributed by atoms with Gasteiger partial charge >= 0.3 is 6.18 Å². The highest BCUT2D eigenvalue weighted by molar-refractivity contribution is 6.30. The van der Waals surface area contributed by atoms with Gasteiger partial charge in [0.2, 0.25) is 5.91 Å². The Labute approximate surface area is 114 Å². The second-order valence-corrected chi connectivity index (χ2v) is 4.63. The fourth-order valence-electron chi connectivity index (χ4n) is 1.50. The number of carbonyl (C=O) groups excluding carboxylic acids is 1. The number of likely N-dealkylation sites (N-methyl/N-ethyl adjacent to an activating group) is 1. The minimum atomic E-state index is -4.39. The largest absolute Gasteiger partial charge is 0.405 e. The van der Waals surface area contributed by atoms with E-state index in [-0.39, 0.29) is 6.54 Å². The van der Waals surface area contributed by atoms with Crippen molar-refractivity contribution >= 4 is 17.5 Å². The van der Waals surface area contributed by atoms with Crippen LogP contribution in [0.4, 0.5) is 13.2 Å². The van der Waals surface area contributed by atoms with E-state index in [4.69, 9.17) is 11.6 Å². The third kappa shape index (κ3) is 7.03. The van der Waals surface area contributed by atoms with Crippen molar-refractivity contribution in [2.45, 2.75) is 12.7 Å². The lowest BCUT2D eigenvalue weighted by Gasteiger charge is -2.17. The number of amides is 1. The van der Waals surface area contributed by atoms with Crippen molar-refractivity contribution in [3.8, 4) is 0 Å². The first-order valence-electron chi connectivity index (χ1n) is 5.53. The van der Waals surface area contributed by atoms with Crippen LogP contribution >= 0.6 is 11.6 Å². The van der Waals surface area contributed by atoms with E-state index in [9.17, 15) is 18.0 Å². The lowest BCUT2D eigenvalue weighted by Crippen LogP contribution is -2.39. The van der Waals surface area contributed by atoms with Gasteiger partial charge in [-0.05, 0) is 24.7 Å². The first kappa shape index (κ1) is 15.8. The second-order valence-electron chi connectivity index (χ2n) is 4.19. The molecule has 1 rings (SSSR count). The van der Waals surface area contributed by atoms with Gasteiger partial charge in [0.05, 0.1) is 6.54 Å². The molecule has 0 aromatic heterocycles. The molecular weight excluding hydrogens is 281 g/mol. The van der Waals surface area contributed by atoms with Crippen LogP contribution in [-0.2, 0) is 11.3 Å². The average molecular weight is 295 g/mol. The van der Waals surface area contributed by atoms with Crippen LogP contribution in [0.15, 0.2) is 24.3 Å². The summed E-state index contributed by atoms with van der Waals surface area (Å²) in [5.74, 6) is -0.665. The van der Waals surface area contributed by atoms with Gasteiger partial charge in [-0.15, -0.1) is 0 Å². The van der Waals surface area contributed by atoms with Gasteiger partial charge in [-0.1, -0.05) is 23.7 Å². The van der Waals surface area contributed by atoms with Gasteiger partial charge in [0.15, 0.2) is 0 Å². The maximum absolute atomic E-state index is 11.9. The summed E-state index contributed by atoms with van der Waals surface area (Å²) in [6.45, 7) is -0.987. The number of benzene rings is 1. The Hall–Kier alpha value is -1.27. The van der Waals surface area contributed by atoms with E-state index in [0.29, 0.717) is 11.6 Å². The quantitative estimate of drug-likeness (QED) is 0.905. The van der Waals surface area contributed by atoms with Gasteiger partial charge in [-0.25, -0.2) is 0 Å². The van der Waals surface area contributed by atoms with Crippen LogP contribution in [0.2, 0.25) is 5.02 Å². The van der Waals surface area contributed by atoms with Crippen LogP contribution in [-0.4, -0.2) is 37.1 Å².